The van der Waals surface area contributed by atoms with Crippen LogP contribution in [-0.4, -0.2) is 50.3 Å². The zero-order chi connectivity index (χ0) is 30.6. The van der Waals surface area contributed by atoms with E-state index in [9.17, 15) is 14.4 Å². The molecule has 226 valence electrons. The van der Waals surface area contributed by atoms with Crippen LogP contribution in [0.1, 0.15) is 57.6 Å². The van der Waals surface area contributed by atoms with Crippen LogP contribution in [0, 0.1) is 35.0 Å². The van der Waals surface area contributed by atoms with Gasteiger partial charge in [0, 0.05) is 33.8 Å². The molecule has 1 aromatic carbocycles. The Bertz CT molecular complexity index is 1630. The number of ether oxygens (including phenoxy) is 4. The molecule has 43 heavy (non-hydrogen) atoms. The number of aryl methyl sites for hydroxylation is 1. The van der Waals surface area contributed by atoms with Crippen LogP contribution in [0.4, 0.5) is 0 Å². The highest BCUT2D eigenvalue weighted by Gasteiger charge is 2.77. The van der Waals surface area contributed by atoms with Gasteiger partial charge in [-0.05, 0) is 74.6 Å². The number of carbonyl (C=O) groups is 3. The van der Waals surface area contributed by atoms with Crippen molar-refractivity contribution in [1.82, 2.24) is 0 Å². The van der Waals surface area contributed by atoms with E-state index >= 15 is 0 Å². The van der Waals surface area contributed by atoms with Gasteiger partial charge in [-0.3, -0.25) is 14.4 Å². The summed E-state index contributed by atoms with van der Waals surface area (Å²) in [5.74, 6) is -0.138. The largest absolute Gasteiger partial charge is 0.497 e. The van der Waals surface area contributed by atoms with Gasteiger partial charge in [-0.1, -0.05) is 25.5 Å². The zero-order valence-corrected chi connectivity index (χ0v) is 25.7. The lowest BCUT2D eigenvalue weighted by atomic mass is 9.42. The van der Waals surface area contributed by atoms with E-state index in [0.29, 0.717) is 6.42 Å². The third-order valence-electron chi connectivity index (χ3n) is 11.7. The number of hydrogen-bond acceptors (Lipinski definition) is 8. The number of carbonyl (C=O) groups excluding carboxylic acids is 3. The second-order valence-corrected chi connectivity index (χ2v) is 13.5. The molecule has 3 heterocycles. The molecule has 1 saturated carbocycles. The zero-order valence-electron chi connectivity index (χ0n) is 25.7. The maximum atomic E-state index is 13.9. The van der Waals surface area contributed by atoms with Crippen molar-refractivity contribution in [3.8, 4) is 17.1 Å². The Morgan fingerprint density at radius 3 is 2.53 bits per heavy atom. The van der Waals surface area contributed by atoms with E-state index < -0.39 is 40.3 Å². The van der Waals surface area contributed by atoms with Crippen molar-refractivity contribution in [2.45, 2.75) is 71.7 Å². The summed E-state index contributed by atoms with van der Waals surface area (Å²) >= 11 is 0. The van der Waals surface area contributed by atoms with Crippen LogP contribution in [-0.2, 0) is 28.6 Å². The maximum absolute atomic E-state index is 13.9. The van der Waals surface area contributed by atoms with Crippen molar-refractivity contribution < 1.29 is 37.7 Å². The summed E-state index contributed by atoms with van der Waals surface area (Å²) in [7, 11) is 3.02. The molecule has 0 bridgehead atoms. The van der Waals surface area contributed by atoms with Gasteiger partial charge in [-0.2, -0.15) is 0 Å². The fraction of sp³-hybridized carbons (Fsp3) is 0.514. The Morgan fingerprint density at radius 1 is 1.07 bits per heavy atom. The Labute approximate surface area is 251 Å². The molecule has 8 nitrogen and oxygen atoms in total. The first kappa shape index (κ1) is 28.1. The van der Waals surface area contributed by atoms with Gasteiger partial charge in [0.2, 0.25) is 0 Å². The molecule has 7 rings (SSSR count). The van der Waals surface area contributed by atoms with Crippen molar-refractivity contribution in [2.24, 2.45) is 28.1 Å². The quantitative estimate of drug-likeness (QED) is 0.324. The number of allylic oxidation sites excluding steroid dienone is 2. The summed E-state index contributed by atoms with van der Waals surface area (Å²) in [5.41, 5.74) is 2.59. The Morgan fingerprint density at radius 2 is 1.84 bits per heavy atom. The highest BCUT2D eigenvalue weighted by atomic mass is 16.6. The van der Waals surface area contributed by atoms with Gasteiger partial charge in [0.15, 0.2) is 5.78 Å². The van der Waals surface area contributed by atoms with Crippen LogP contribution < -0.4 is 4.74 Å². The van der Waals surface area contributed by atoms with Gasteiger partial charge >= 0.3 is 11.9 Å². The number of ketones is 1. The lowest BCUT2D eigenvalue weighted by Gasteiger charge is -2.59. The SMILES string of the molecule is COC(=O)C[C@H]1[C@]2(C)C3=C(C)[C@H](c4ccoc4-c4ccc(OC)cc4C)C[C@H]3O[C@@H]2[C@@H]2OC(=O)[C@]3(C)C=CC(=O)[C@@]1(C)[C@@H]23. The maximum Gasteiger partial charge on any atom is 0.316 e. The number of furan rings is 1. The third-order valence-corrected chi connectivity index (χ3v) is 11.7. The number of rotatable bonds is 5. The van der Waals surface area contributed by atoms with Crippen LogP contribution in [0.25, 0.3) is 11.3 Å². The lowest BCUT2D eigenvalue weighted by Crippen LogP contribution is -2.66. The van der Waals surface area contributed by atoms with Crippen molar-refractivity contribution in [2.75, 3.05) is 14.2 Å². The van der Waals surface area contributed by atoms with Gasteiger partial charge < -0.3 is 23.4 Å². The fourth-order valence-electron chi connectivity index (χ4n) is 9.74. The topological polar surface area (TPSA) is 101 Å². The van der Waals surface area contributed by atoms with Crippen LogP contribution in [0.5, 0.6) is 5.75 Å². The minimum absolute atomic E-state index is 0.00989. The van der Waals surface area contributed by atoms with Crippen molar-refractivity contribution in [3.63, 3.8) is 0 Å². The van der Waals surface area contributed by atoms with E-state index in [4.69, 9.17) is 23.4 Å². The molecule has 0 N–H and O–H groups in total. The van der Waals surface area contributed by atoms with Gasteiger partial charge in [0.1, 0.15) is 23.7 Å². The molecule has 0 radical (unpaired) electrons. The second kappa shape index (κ2) is 9.18. The number of hydrogen-bond donors (Lipinski definition) is 0. The number of methoxy groups -OCH3 is 2. The van der Waals surface area contributed by atoms with E-state index in [1.165, 1.54) is 13.2 Å². The van der Waals surface area contributed by atoms with Crippen molar-refractivity contribution >= 4 is 17.7 Å². The fourth-order valence-corrected chi connectivity index (χ4v) is 9.74. The summed E-state index contributed by atoms with van der Waals surface area (Å²) in [4.78, 5) is 40.4. The molecule has 3 aliphatic carbocycles. The third kappa shape index (κ3) is 3.44. The molecule has 2 aromatic rings. The molecular formula is C35H38O8. The van der Waals surface area contributed by atoms with Crippen molar-refractivity contribution in [3.05, 3.63) is 65.0 Å². The Hall–Kier alpha value is -3.65. The Balaban J connectivity index is 1.37. The standard InChI is InChI=1S/C35H38O8/c1-17-14-19(39-6)8-9-20(17)28-21(11-13-41-28)22-15-23-27(18(22)2)35(5)24(16-26(37)40-7)34(4)25(36)10-12-33(3)30(34)29(31(35)42-23)43-32(33)38/h8-14,22-24,29-31H,15-16H2,1-7H3/t22-,23-,24-,29-,30+,31-,33-,34+,35-/m1/s1. The average molecular weight is 587 g/mol. The molecule has 1 aromatic heterocycles. The Kier molecular flexibility index (Phi) is 6.01. The predicted octanol–water partition coefficient (Wildman–Crippen LogP) is 5.73. The van der Waals surface area contributed by atoms with Crippen LogP contribution >= 0.6 is 0 Å². The predicted molar refractivity (Wildman–Crippen MR) is 156 cm³/mol. The van der Waals surface area contributed by atoms with Gasteiger partial charge in [-0.15, -0.1) is 0 Å². The molecule has 3 fully saturated rings. The van der Waals surface area contributed by atoms with Gasteiger partial charge in [0.05, 0.1) is 38.4 Å². The second-order valence-electron chi connectivity index (χ2n) is 13.5. The molecule has 2 aliphatic heterocycles. The van der Waals surface area contributed by atoms with E-state index in [-0.39, 0.29) is 36.2 Å². The number of benzene rings is 1. The number of esters is 2. The van der Waals surface area contributed by atoms with Crippen LogP contribution in [0.15, 0.2) is 58.2 Å². The van der Waals surface area contributed by atoms with E-state index in [1.807, 2.05) is 45.0 Å². The lowest BCUT2D eigenvalue weighted by molar-refractivity contribution is -0.190. The summed E-state index contributed by atoms with van der Waals surface area (Å²) in [6.07, 6.45) is 4.31. The van der Waals surface area contributed by atoms with E-state index in [1.54, 1.807) is 19.4 Å². The molecule has 9 atom stereocenters. The van der Waals surface area contributed by atoms with Crippen LogP contribution in [0.3, 0.4) is 0 Å². The summed E-state index contributed by atoms with van der Waals surface area (Å²) in [5, 5.41) is 0. The first-order valence-corrected chi connectivity index (χ1v) is 15.0. The molecular weight excluding hydrogens is 548 g/mol. The minimum atomic E-state index is -1.04. The van der Waals surface area contributed by atoms with E-state index in [2.05, 4.69) is 13.8 Å². The molecule has 5 aliphatic rings. The van der Waals surface area contributed by atoms with Crippen LogP contribution in [0.2, 0.25) is 0 Å². The minimum Gasteiger partial charge on any atom is -0.497 e. The average Bonchev–Trinajstić information content (AvgIpc) is 3.72. The first-order chi connectivity index (χ1) is 20.4. The first-order valence-electron chi connectivity index (χ1n) is 15.0. The molecule has 0 spiro atoms. The van der Waals surface area contributed by atoms with Gasteiger partial charge in [0.25, 0.3) is 0 Å². The smallest absolute Gasteiger partial charge is 0.316 e. The normalized spacial score (nSPS) is 39.0. The highest BCUT2D eigenvalue weighted by molar-refractivity contribution is 6.00. The van der Waals surface area contributed by atoms with Crippen molar-refractivity contribution in [1.29, 1.82) is 0 Å². The number of fused-ring (bicyclic) bond motifs is 4. The highest BCUT2D eigenvalue weighted by Crippen LogP contribution is 2.72. The molecule has 8 heteroatoms. The molecule has 2 saturated heterocycles. The molecule has 0 amide bonds. The summed E-state index contributed by atoms with van der Waals surface area (Å²) < 4.78 is 29.7. The summed E-state index contributed by atoms with van der Waals surface area (Å²) in [6.45, 7) is 10.0. The molecule has 0 unspecified atom stereocenters. The van der Waals surface area contributed by atoms with Gasteiger partial charge in [-0.25, -0.2) is 0 Å². The summed E-state index contributed by atoms with van der Waals surface area (Å²) in [6, 6.07) is 7.97. The monoisotopic (exact) mass is 586 g/mol. The van der Waals surface area contributed by atoms with E-state index in [0.717, 1.165) is 39.3 Å².